The van der Waals surface area contributed by atoms with Gasteiger partial charge in [-0.2, -0.15) is 0 Å². The van der Waals surface area contributed by atoms with Crippen molar-refractivity contribution in [1.29, 1.82) is 0 Å². The molecule has 2 saturated heterocycles. The summed E-state index contributed by atoms with van der Waals surface area (Å²) in [6.45, 7) is 4.15. The average Bonchev–Trinajstić information content (AvgIpc) is 2.82. The normalized spacial score (nSPS) is 18.6. The molecule has 3 aromatic rings. The molecule has 0 bridgehead atoms. The highest BCUT2D eigenvalue weighted by atomic mass is 16.5. The van der Waals surface area contributed by atoms with Crippen LogP contribution in [0.15, 0.2) is 42.7 Å². The fourth-order valence-corrected chi connectivity index (χ4v) is 4.23. The molecular formula is C24H25N5O5. The van der Waals surface area contributed by atoms with Crippen molar-refractivity contribution in [2.45, 2.75) is 18.9 Å². The summed E-state index contributed by atoms with van der Waals surface area (Å²) in [6.07, 6.45) is 1.84. The van der Waals surface area contributed by atoms with E-state index in [0.29, 0.717) is 41.7 Å². The van der Waals surface area contributed by atoms with Gasteiger partial charge in [-0.3, -0.25) is 9.78 Å². The third-order valence-electron chi connectivity index (χ3n) is 6.24. The van der Waals surface area contributed by atoms with Crippen LogP contribution in [0.5, 0.6) is 5.88 Å². The van der Waals surface area contributed by atoms with E-state index in [0.717, 1.165) is 18.7 Å². The molecule has 2 amide bonds. The number of rotatable bonds is 5. The van der Waals surface area contributed by atoms with Crippen LogP contribution >= 0.6 is 0 Å². The standard InChI is InChI=1S/C24H25N5O5/c1-15(30)29-11-18(12-29)16-2-4-17(5-3-16)20-10-21-22(26-7-6-25-21)23(27-20)34-14-19-13-28(24(31)32)8-9-33-19/h2-7,10,18-19H,8-9,11-14H2,1H3,(H,31,32)/t19-/m0/s1. The highest BCUT2D eigenvalue weighted by Crippen LogP contribution is 2.31. The SMILES string of the molecule is CC(=O)N1CC(c2ccc(-c3cc4nccnc4c(OC[C@@H]4CN(C(=O)O)CCO4)n3)cc2)C1. The van der Waals surface area contributed by atoms with E-state index >= 15 is 0 Å². The van der Waals surface area contributed by atoms with Gasteiger partial charge < -0.3 is 24.4 Å². The van der Waals surface area contributed by atoms with Crippen molar-refractivity contribution in [2.75, 3.05) is 39.4 Å². The van der Waals surface area contributed by atoms with Crippen LogP contribution in [0.2, 0.25) is 0 Å². The minimum Gasteiger partial charge on any atom is -0.473 e. The molecule has 10 nitrogen and oxygen atoms in total. The number of benzene rings is 1. The molecule has 176 valence electrons. The van der Waals surface area contributed by atoms with E-state index in [1.54, 1.807) is 19.3 Å². The highest BCUT2D eigenvalue weighted by Gasteiger charge is 2.29. The van der Waals surface area contributed by atoms with Crippen LogP contribution < -0.4 is 4.74 Å². The number of fused-ring (bicyclic) bond motifs is 1. The quantitative estimate of drug-likeness (QED) is 0.613. The Morgan fingerprint density at radius 2 is 1.88 bits per heavy atom. The van der Waals surface area contributed by atoms with Gasteiger partial charge in [0.05, 0.1) is 24.4 Å². The van der Waals surface area contributed by atoms with Crippen molar-refractivity contribution in [3.63, 3.8) is 0 Å². The lowest BCUT2D eigenvalue weighted by molar-refractivity contribution is -0.133. The van der Waals surface area contributed by atoms with Gasteiger partial charge in [-0.15, -0.1) is 0 Å². The number of likely N-dealkylation sites (tertiary alicyclic amines) is 1. The van der Waals surface area contributed by atoms with E-state index < -0.39 is 12.2 Å². The fourth-order valence-electron chi connectivity index (χ4n) is 4.23. The maximum atomic E-state index is 11.4. The second-order valence-electron chi connectivity index (χ2n) is 8.51. The Labute approximate surface area is 196 Å². The Morgan fingerprint density at radius 1 is 1.12 bits per heavy atom. The molecule has 4 heterocycles. The number of ether oxygens (including phenoxy) is 2. The van der Waals surface area contributed by atoms with Crippen molar-refractivity contribution in [1.82, 2.24) is 24.8 Å². The molecule has 2 aliphatic heterocycles. The van der Waals surface area contributed by atoms with Crippen LogP contribution in [0.4, 0.5) is 4.79 Å². The zero-order valence-corrected chi connectivity index (χ0v) is 18.8. The van der Waals surface area contributed by atoms with Gasteiger partial charge >= 0.3 is 6.09 Å². The van der Waals surface area contributed by atoms with E-state index in [1.165, 1.54) is 10.5 Å². The minimum atomic E-state index is -0.968. The second kappa shape index (κ2) is 9.22. The number of pyridine rings is 1. The molecule has 1 N–H and O–H groups in total. The average molecular weight is 463 g/mol. The first-order chi connectivity index (χ1) is 16.5. The van der Waals surface area contributed by atoms with Crippen LogP contribution in [-0.4, -0.2) is 87.4 Å². The Bertz CT molecular complexity index is 1210. The third kappa shape index (κ3) is 4.49. The summed E-state index contributed by atoms with van der Waals surface area (Å²) in [6, 6.07) is 10.0. The van der Waals surface area contributed by atoms with Gasteiger partial charge in [0.15, 0.2) is 5.52 Å². The van der Waals surface area contributed by atoms with Crippen LogP contribution in [0, 0.1) is 0 Å². The molecular weight excluding hydrogens is 438 g/mol. The number of hydrogen-bond acceptors (Lipinski definition) is 7. The summed E-state index contributed by atoms with van der Waals surface area (Å²) >= 11 is 0. The van der Waals surface area contributed by atoms with Gasteiger partial charge in [-0.25, -0.2) is 14.8 Å². The first-order valence-corrected chi connectivity index (χ1v) is 11.2. The number of carbonyl (C=O) groups is 2. The summed E-state index contributed by atoms with van der Waals surface area (Å²) in [5, 5.41) is 9.24. The lowest BCUT2D eigenvalue weighted by Crippen LogP contribution is -2.47. The number of hydrogen-bond donors (Lipinski definition) is 1. The van der Waals surface area contributed by atoms with E-state index in [-0.39, 0.29) is 19.1 Å². The number of nitrogens with zero attached hydrogens (tertiary/aromatic N) is 5. The maximum absolute atomic E-state index is 11.4. The van der Waals surface area contributed by atoms with Gasteiger partial charge in [0.25, 0.3) is 0 Å². The largest absolute Gasteiger partial charge is 0.473 e. The van der Waals surface area contributed by atoms with Gasteiger partial charge in [-0.1, -0.05) is 24.3 Å². The summed E-state index contributed by atoms with van der Waals surface area (Å²) in [4.78, 5) is 39.3. The topological polar surface area (TPSA) is 118 Å². The Morgan fingerprint density at radius 3 is 2.62 bits per heavy atom. The van der Waals surface area contributed by atoms with Crippen molar-refractivity contribution < 1.29 is 24.2 Å². The molecule has 2 fully saturated rings. The molecule has 5 rings (SSSR count). The van der Waals surface area contributed by atoms with Gasteiger partial charge in [0.2, 0.25) is 11.8 Å². The number of carbonyl (C=O) groups excluding carboxylic acids is 1. The third-order valence-corrected chi connectivity index (χ3v) is 6.24. The second-order valence-corrected chi connectivity index (χ2v) is 8.51. The number of carboxylic acid groups (broad SMARTS) is 1. The van der Waals surface area contributed by atoms with Crippen LogP contribution in [-0.2, 0) is 9.53 Å². The molecule has 0 radical (unpaired) electrons. The molecule has 2 aliphatic rings. The molecule has 2 aromatic heterocycles. The fraction of sp³-hybridized carbons (Fsp3) is 0.375. The molecule has 1 aromatic carbocycles. The number of amides is 2. The van der Waals surface area contributed by atoms with Crippen LogP contribution in [0.1, 0.15) is 18.4 Å². The molecule has 0 saturated carbocycles. The Kier molecular flexibility index (Phi) is 5.97. The zero-order valence-electron chi connectivity index (χ0n) is 18.8. The van der Waals surface area contributed by atoms with Crippen molar-refractivity contribution >= 4 is 23.0 Å². The number of morpholine rings is 1. The molecule has 34 heavy (non-hydrogen) atoms. The van der Waals surface area contributed by atoms with E-state index in [4.69, 9.17) is 14.5 Å². The predicted molar refractivity (Wildman–Crippen MR) is 123 cm³/mol. The first kappa shape index (κ1) is 22.0. The zero-order chi connectivity index (χ0) is 23.7. The lowest BCUT2D eigenvalue weighted by Gasteiger charge is -2.39. The lowest BCUT2D eigenvalue weighted by atomic mass is 9.90. The van der Waals surface area contributed by atoms with Crippen LogP contribution in [0.3, 0.4) is 0 Å². The van der Waals surface area contributed by atoms with E-state index in [1.807, 2.05) is 23.1 Å². The molecule has 10 heteroatoms. The number of aromatic nitrogens is 3. The minimum absolute atomic E-state index is 0.108. The Balaban J connectivity index is 1.34. The summed E-state index contributed by atoms with van der Waals surface area (Å²) in [5.74, 6) is 0.793. The monoisotopic (exact) mass is 463 g/mol. The molecule has 0 spiro atoms. The van der Waals surface area contributed by atoms with Crippen molar-refractivity contribution in [2.24, 2.45) is 0 Å². The molecule has 1 atom stereocenters. The summed E-state index contributed by atoms with van der Waals surface area (Å²) in [5.41, 5.74) is 3.99. The predicted octanol–water partition coefficient (Wildman–Crippen LogP) is 2.40. The van der Waals surface area contributed by atoms with E-state index in [9.17, 15) is 14.7 Å². The van der Waals surface area contributed by atoms with Crippen LogP contribution in [0.25, 0.3) is 22.3 Å². The summed E-state index contributed by atoms with van der Waals surface area (Å²) < 4.78 is 11.6. The molecule has 0 aliphatic carbocycles. The van der Waals surface area contributed by atoms with E-state index in [2.05, 4.69) is 22.1 Å². The van der Waals surface area contributed by atoms with Crippen molar-refractivity contribution in [3.8, 4) is 17.1 Å². The Hall–Kier alpha value is -3.79. The van der Waals surface area contributed by atoms with Gasteiger partial charge in [-0.05, 0) is 11.6 Å². The smallest absolute Gasteiger partial charge is 0.407 e. The van der Waals surface area contributed by atoms with Gasteiger partial charge in [0, 0.05) is 50.4 Å². The maximum Gasteiger partial charge on any atom is 0.407 e. The molecule has 0 unspecified atom stereocenters. The van der Waals surface area contributed by atoms with Crippen molar-refractivity contribution in [3.05, 3.63) is 48.3 Å². The summed E-state index contributed by atoms with van der Waals surface area (Å²) in [7, 11) is 0. The first-order valence-electron chi connectivity index (χ1n) is 11.2. The van der Waals surface area contributed by atoms with Gasteiger partial charge in [0.1, 0.15) is 12.7 Å². The highest BCUT2D eigenvalue weighted by molar-refractivity contribution is 5.83.